The Balaban J connectivity index is 1.90. The van der Waals surface area contributed by atoms with E-state index in [4.69, 9.17) is 11.5 Å². The second-order valence-corrected chi connectivity index (χ2v) is 6.09. The SMILES string of the molecule is Nc1ncccc1CC(N)C1(c2ccccc2)CCCC1. The molecule has 1 fully saturated rings. The highest BCUT2D eigenvalue weighted by molar-refractivity contribution is 5.40. The standard InChI is InChI=1S/C18H23N3/c19-16(13-14-7-6-12-21-17(14)20)18(10-4-5-11-18)15-8-2-1-3-9-15/h1-3,6-9,12,16H,4-5,10-11,13,19H2,(H2,20,21). The van der Waals surface area contributed by atoms with Crippen molar-refractivity contribution in [3.8, 4) is 0 Å². The van der Waals surface area contributed by atoms with Gasteiger partial charge in [-0.2, -0.15) is 0 Å². The van der Waals surface area contributed by atoms with Gasteiger partial charge in [-0.25, -0.2) is 4.98 Å². The second kappa shape index (κ2) is 5.86. The van der Waals surface area contributed by atoms with Crippen LogP contribution in [0.3, 0.4) is 0 Å². The zero-order chi connectivity index (χ0) is 14.7. The molecule has 3 heteroatoms. The van der Waals surface area contributed by atoms with E-state index in [9.17, 15) is 0 Å². The monoisotopic (exact) mass is 281 g/mol. The van der Waals surface area contributed by atoms with Crippen LogP contribution in [0.25, 0.3) is 0 Å². The summed E-state index contributed by atoms with van der Waals surface area (Å²) in [5.74, 6) is 0.606. The number of rotatable bonds is 4. The van der Waals surface area contributed by atoms with Crippen LogP contribution >= 0.6 is 0 Å². The molecule has 0 aliphatic heterocycles. The van der Waals surface area contributed by atoms with Crippen molar-refractivity contribution < 1.29 is 0 Å². The van der Waals surface area contributed by atoms with Crippen LogP contribution in [0, 0.1) is 0 Å². The van der Waals surface area contributed by atoms with Gasteiger partial charge < -0.3 is 11.5 Å². The van der Waals surface area contributed by atoms with Gasteiger partial charge in [0.25, 0.3) is 0 Å². The number of nitrogens with zero attached hydrogens (tertiary/aromatic N) is 1. The van der Waals surface area contributed by atoms with E-state index < -0.39 is 0 Å². The van der Waals surface area contributed by atoms with Crippen molar-refractivity contribution in [3.63, 3.8) is 0 Å². The van der Waals surface area contributed by atoms with E-state index in [2.05, 4.69) is 35.3 Å². The third-order valence-electron chi connectivity index (χ3n) is 4.92. The molecule has 2 aromatic rings. The molecule has 1 aromatic heterocycles. The van der Waals surface area contributed by atoms with E-state index in [0.29, 0.717) is 5.82 Å². The summed E-state index contributed by atoms with van der Waals surface area (Å²) in [6.45, 7) is 0. The Morgan fingerprint density at radius 1 is 1.05 bits per heavy atom. The lowest BCUT2D eigenvalue weighted by molar-refractivity contribution is 0.347. The second-order valence-electron chi connectivity index (χ2n) is 6.09. The highest BCUT2D eigenvalue weighted by Crippen LogP contribution is 2.44. The normalized spacial score (nSPS) is 18.5. The highest BCUT2D eigenvalue weighted by atomic mass is 14.8. The summed E-state index contributed by atoms with van der Waals surface area (Å²) >= 11 is 0. The number of benzene rings is 1. The fraction of sp³-hybridized carbons (Fsp3) is 0.389. The molecule has 1 atom stereocenters. The first-order valence-electron chi connectivity index (χ1n) is 7.73. The van der Waals surface area contributed by atoms with E-state index in [1.54, 1.807) is 6.20 Å². The van der Waals surface area contributed by atoms with Crippen molar-refractivity contribution in [1.29, 1.82) is 0 Å². The van der Waals surface area contributed by atoms with Gasteiger partial charge in [-0.15, -0.1) is 0 Å². The molecule has 0 saturated heterocycles. The van der Waals surface area contributed by atoms with Gasteiger partial charge in [0, 0.05) is 17.7 Å². The van der Waals surface area contributed by atoms with Crippen molar-refractivity contribution in [2.24, 2.45) is 5.73 Å². The number of anilines is 1. The minimum Gasteiger partial charge on any atom is -0.383 e. The van der Waals surface area contributed by atoms with Crippen LogP contribution in [-0.2, 0) is 11.8 Å². The molecule has 0 spiro atoms. The fourth-order valence-electron chi connectivity index (χ4n) is 3.71. The first-order valence-corrected chi connectivity index (χ1v) is 7.73. The third kappa shape index (κ3) is 2.66. The average Bonchev–Trinajstić information content (AvgIpc) is 3.01. The molecular weight excluding hydrogens is 258 g/mol. The van der Waals surface area contributed by atoms with Crippen LogP contribution < -0.4 is 11.5 Å². The largest absolute Gasteiger partial charge is 0.383 e. The van der Waals surface area contributed by atoms with Crippen LogP contribution in [0.1, 0.15) is 36.8 Å². The van der Waals surface area contributed by atoms with E-state index in [1.165, 1.54) is 31.2 Å². The van der Waals surface area contributed by atoms with Gasteiger partial charge in [0.1, 0.15) is 5.82 Å². The topological polar surface area (TPSA) is 64.9 Å². The van der Waals surface area contributed by atoms with Crippen LogP contribution in [0.2, 0.25) is 0 Å². The van der Waals surface area contributed by atoms with E-state index in [-0.39, 0.29) is 11.5 Å². The first-order chi connectivity index (χ1) is 10.2. The van der Waals surface area contributed by atoms with Crippen molar-refractivity contribution in [3.05, 3.63) is 59.8 Å². The number of nitrogen functional groups attached to an aromatic ring is 1. The average molecular weight is 281 g/mol. The van der Waals surface area contributed by atoms with Gasteiger partial charge in [0.15, 0.2) is 0 Å². The van der Waals surface area contributed by atoms with Gasteiger partial charge in [-0.3, -0.25) is 0 Å². The van der Waals surface area contributed by atoms with Crippen molar-refractivity contribution in [1.82, 2.24) is 4.98 Å². The van der Waals surface area contributed by atoms with Gasteiger partial charge in [0.2, 0.25) is 0 Å². The summed E-state index contributed by atoms with van der Waals surface area (Å²) in [5.41, 5.74) is 15.2. The highest BCUT2D eigenvalue weighted by Gasteiger charge is 2.40. The van der Waals surface area contributed by atoms with Crippen LogP contribution in [-0.4, -0.2) is 11.0 Å². The molecule has 1 aliphatic carbocycles. The minimum atomic E-state index is 0.0777. The Morgan fingerprint density at radius 2 is 1.76 bits per heavy atom. The Kier molecular flexibility index (Phi) is 3.93. The van der Waals surface area contributed by atoms with E-state index in [1.807, 2.05) is 12.1 Å². The van der Waals surface area contributed by atoms with Gasteiger partial charge >= 0.3 is 0 Å². The number of pyridine rings is 1. The Labute approximate surface area is 126 Å². The Hall–Kier alpha value is -1.87. The number of nitrogens with two attached hydrogens (primary N) is 2. The lowest BCUT2D eigenvalue weighted by Gasteiger charge is -2.36. The molecule has 3 nitrogen and oxygen atoms in total. The summed E-state index contributed by atoms with van der Waals surface area (Å²) in [6, 6.07) is 14.8. The molecule has 3 rings (SSSR count). The lowest BCUT2D eigenvalue weighted by atomic mass is 9.71. The van der Waals surface area contributed by atoms with Gasteiger partial charge in [-0.05, 0) is 36.5 Å². The fourth-order valence-corrected chi connectivity index (χ4v) is 3.71. The van der Waals surface area contributed by atoms with Crippen molar-refractivity contribution in [2.45, 2.75) is 43.6 Å². The number of hydrogen-bond acceptors (Lipinski definition) is 3. The minimum absolute atomic E-state index is 0.0777. The van der Waals surface area contributed by atoms with E-state index in [0.717, 1.165) is 12.0 Å². The molecule has 1 aliphatic rings. The molecular formula is C18H23N3. The zero-order valence-corrected chi connectivity index (χ0v) is 12.3. The number of aromatic nitrogens is 1. The first kappa shape index (κ1) is 14.1. The van der Waals surface area contributed by atoms with Crippen molar-refractivity contribution in [2.75, 3.05) is 5.73 Å². The summed E-state index contributed by atoms with van der Waals surface area (Å²) in [4.78, 5) is 4.18. The van der Waals surface area contributed by atoms with Gasteiger partial charge in [0.05, 0.1) is 0 Å². The zero-order valence-electron chi connectivity index (χ0n) is 12.3. The number of hydrogen-bond donors (Lipinski definition) is 2. The van der Waals surface area contributed by atoms with Gasteiger partial charge in [-0.1, -0.05) is 49.2 Å². The maximum absolute atomic E-state index is 6.66. The molecule has 110 valence electrons. The molecule has 1 unspecified atom stereocenters. The predicted octanol–water partition coefficient (Wildman–Crippen LogP) is 3.05. The third-order valence-corrected chi connectivity index (χ3v) is 4.92. The molecule has 1 aromatic carbocycles. The van der Waals surface area contributed by atoms with Crippen molar-refractivity contribution >= 4 is 5.82 Å². The molecule has 1 heterocycles. The molecule has 1 saturated carbocycles. The smallest absolute Gasteiger partial charge is 0.126 e. The Bertz CT molecular complexity index is 588. The summed E-state index contributed by atoms with van der Waals surface area (Å²) in [7, 11) is 0. The molecule has 0 amide bonds. The summed E-state index contributed by atoms with van der Waals surface area (Å²) in [6.07, 6.45) is 7.36. The Morgan fingerprint density at radius 3 is 2.43 bits per heavy atom. The van der Waals surface area contributed by atoms with E-state index >= 15 is 0 Å². The molecule has 21 heavy (non-hydrogen) atoms. The van der Waals surface area contributed by atoms with Crippen LogP contribution in [0.4, 0.5) is 5.82 Å². The van der Waals surface area contributed by atoms with Crippen LogP contribution in [0.15, 0.2) is 48.7 Å². The quantitative estimate of drug-likeness (QED) is 0.905. The van der Waals surface area contributed by atoms with Crippen LogP contribution in [0.5, 0.6) is 0 Å². The maximum Gasteiger partial charge on any atom is 0.126 e. The molecule has 4 N–H and O–H groups in total. The molecule has 0 radical (unpaired) electrons. The molecule has 0 bridgehead atoms. The predicted molar refractivity (Wildman–Crippen MR) is 86.9 cm³/mol. The lowest BCUT2D eigenvalue weighted by Crippen LogP contribution is -2.45. The summed E-state index contributed by atoms with van der Waals surface area (Å²) in [5, 5.41) is 0. The summed E-state index contributed by atoms with van der Waals surface area (Å²) < 4.78 is 0. The maximum atomic E-state index is 6.66.